The first-order chi connectivity index (χ1) is 10.1. The van der Waals surface area contributed by atoms with Crippen LogP contribution in [0.5, 0.6) is 0 Å². The molecule has 0 bridgehead atoms. The lowest BCUT2D eigenvalue weighted by molar-refractivity contribution is -0.183. The van der Waals surface area contributed by atoms with Gasteiger partial charge in [-0.3, -0.25) is 9.89 Å². The Balaban J connectivity index is 1.50. The highest BCUT2D eigenvalue weighted by molar-refractivity contribution is 5.78. The lowest BCUT2D eigenvalue weighted by Crippen LogP contribution is -2.40. The molecule has 0 aromatic carbocycles. The molecule has 21 heavy (non-hydrogen) atoms. The Bertz CT molecular complexity index is 491. The van der Waals surface area contributed by atoms with Crippen molar-refractivity contribution in [1.82, 2.24) is 15.5 Å². The number of hydrogen-bond acceptors (Lipinski definition) is 4. The second kappa shape index (κ2) is 5.77. The molecular formula is C15H23N3O3. The molecule has 3 rings (SSSR count). The molecule has 1 spiro atoms. The van der Waals surface area contributed by atoms with Crippen molar-refractivity contribution in [3.8, 4) is 0 Å². The van der Waals surface area contributed by atoms with Gasteiger partial charge in [0.15, 0.2) is 5.79 Å². The van der Waals surface area contributed by atoms with Crippen LogP contribution in [0, 0.1) is 19.8 Å². The van der Waals surface area contributed by atoms with Gasteiger partial charge in [0.1, 0.15) is 0 Å². The molecule has 1 amide bonds. The lowest BCUT2D eigenvalue weighted by atomic mass is 9.84. The fourth-order valence-corrected chi connectivity index (χ4v) is 3.26. The summed E-state index contributed by atoms with van der Waals surface area (Å²) in [5.41, 5.74) is 3.05. The minimum atomic E-state index is -0.394. The van der Waals surface area contributed by atoms with Gasteiger partial charge < -0.3 is 14.8 Å². The van der Waals surface area contributed by atoms with Crippen molar-refractivity contribution in [1.29, 1.82) is 0 Å². The molecule has 1 saturated heterocycles. The minimum Gasteiger partial charge on any atom is -0.352 e. The predicted molar refractivity (Wildman–Crippen MR) is 76.5 cm³/mol. The summed E-state index contributed by atoms with van der Waals surface area (Å²) >= 11 is 0. The smallest absolute Gasteiger partial charge is 0.223 e. The fraction of sp³-hybridized carbons (Fsp3) is 0.733. The summed E-state index contributed by atoms with van der Waals surface area (Å²) in [6.07, 6.45) is 3.29. The van der Waals surface area contributed by atoms with Gasteiger partial charge in [0.2, 0.25) is 5.91 Å². The molecule has 2 aliphatic rings. The fourth-order valence-electron chi connectivity index (χ4n) is 3.26. The van der Waals surface area contributed by atoms with Crippen LogP contribution in [0.3, 0.4) is 0 Å². The van der Waals surface area contributed by atoms with Crippen molar-refractivity contribution in [2.75, 3.05) is 13.2 Å². The van der Waals surface area contributed by atoms with E-state index in [1.54, 1.807) is 0 Å². The Hall–Kier alpha value is -1.40. The van der Waals surface area contributed by atoms with Gasteiger partial charge in [-0.2, -0.15) is 5.10 Å². The number of nitrogens with zero attached hydrogens (tertiary/aromatic N) is 1. The number of ether oxygens (including phenoxy) is 2. The highest BCUT2D eigenvalue weighted by Gasteiger charge is 2.41. The Morgan fingerprint density at radius 3 is 2.57 bits per heavy atom. The van der Waals surface area contributed by atoms with Crippen LogP contribution in [0.4, 0.5) is 0 Å². The lowest BCUT2D eigenvalue weighted by Gasteiger charge is -2.34. The van der Waals surface area contributed by atoms with E-state index in [1.165, 1.54) is 0 Å². The standard InChI is InChI=1S/C15H23N3O3/c1-10-13(11(2)18-17-10)9-16-14(19)12-3-5-15(6-4-12)20-7-8-21-15/h12H,3-9H2,1-2H3,(H,16,19)(H,17,18). The molecule has 2 fully saturated rings. The zero-order chi connectivity index (χ0) is 14.9. The quantitative estimate of drug-likeness (QED) is 0.887. The predicted octanol–water partition coefficient (Wildman–Crippen LogP) is 1.58. The van der Waals surface area contributed by atoms with E-state index in [4.69, 9.17) is 9.47 Å². The maximum absolute atomic E-state index is 12.3. The number of carbonyl (C=O) groups excluding carboxylic acids is 1. The van der Waals surface area contributed by atoms with Crippen LogP contribution in [0.2, 0.25) is 0 Å². The molecule has 6 nitrogen and oxygen atoms in total. The molecule has 0 unspecified atom stereocenters. The van der Waals surface area contributed by atoms with Crippen LogP contribution in [0.1, 0.15) is 42.6 Å². The second-order valence-corrected chi connectivity index (χ2v) is 6.01. The zero-order valence-corrected chi connectivity index (χ0v) is 12.7. The first kappa shape index (κ1) is 14.5. The van der Waals surface area contributed by atoms with E-state index in [-0.39, 0.29) is 11.8 Å². The van der Waals surface area contributed by atoms with E-state index in [9.17, 15) is 4.79 Å². The van der Waals surface area contributed by atoms with Gasteiger partial charge >= 0.3 is 0 Å². The van der Waals surface area contributed by atoms with Gasteiger partial charge in [-0.15, -0.1) is 0 Å². The first-order valence-electron chi connectivity index (χ1n) is 7.66. The number of aryl methyl sites for hydroxylation is 2. The SMILES string of the molecule is Cc1n[nH]c(C)c1CNC(=O)C1CCC2(CC1)OCCO2. The number of nitrogens with one attached hydrogen (secondary N) is 2. The van der Waals surface area contributed by atoms with E-state index in [0.29, 0.717) is 19.8 Å². The Morgan fingerprint density at radius 1 is 1.33 bits per heavy atom. The van der Waals surface area contributed by atoms with E-state index >= 15 is 0 Å². The molecular weight excluding hydrogens is 270 g/mol. The third kappa shape index (κ3) is 2.96. The van der Waals surface area contributed by atoms with Gasteiger partial charge in [-0.05, 0) is 26.7 Å². The maximum Gasteiger partial charge on any atom is 0.223 e. The van der Waals surface area contributed by atoms with Crippen molar-refractivity contribution in [3.63, 3.8) is 0 Å². The molecule has 0 atom stereocenters. The molecule has 6 heteroatoms. The van der Waals surface area contributed by atoms with Crippen LogP contribution in [-0.4, -0.2) is 35.1 Å². The summed E-state index contributed by atoms with van der Waals surface area (Å²) in [7, 11) is 0. The van der Waals surface area contributed by atoms with Crippen molar-refractivity contribution in [2.45, 2.75) is 51.9 Å². The average Bonchev–Trinajstić information content (AvgIpc) is 3.06. The first-order valence-corrected chi connectivity index (χ1v) is 7.66. The van der Waals surface area contributed by atoms with Gasteiger partial charge in [0, 0.05) is 36.6 Å². The number of aromatic amines is 1. The average molecular weight is 293 g/mol. The van der Waals surface area contributed by atoms with E-state index in [0.717, 1.165) is 42.6 Å². The number of aromatic nitrogens is 2. The van der Waals surface area contributed by atoms with Crippen LogP contribution in [0.15, 0.2) is 0 Å². The molecule has 1 aromatic heterocycles. The highest BCUT2D eigenvalue weighted by atomic mass is 16.7. The van der Waals surface area contributed by atoms with Gasteiger partial charge in [-0.25, -0.2) is 0 Å². The van der Waals surface area contributed by atoms with Crippen LogP contribution in [-0.2, 0) is 20.8 Å². The van der Waals surface area contributed by atoms with Crippen LogP contribution in [0.25, 0.3) is 0 Å². The van der Waals surface area contributed by atoms with E-state index < -0.39 is 5.79 Å². The third-order valence-electron chi connectivity index (χ3n) is 4.65. The van der Waals surface area contributed by atoms with Crippen molar-refractivity contribution in [2.24, 2.45) is 5.92 Å². The van der Waals surface area contributed by atoms with E-state index in [2.05, 4.69) is 15.5 Å². The minimum absolute atomic E-state index is 0.0657. The molecule has 2 heterocycles. The van der Waals surface area contributed by atoms with E-state index in [1.807, 2.05) is 13.8 Å². The Labute approximate surface area is 124 Å². The van der Waals surface area contributed by atoms with Gasteiger partial charge in [-0.1, -0.05) is 0 Å². The van der Waals surface area contributed by atoms with Crippen molar-refractivity contribution < 1.29 is 14.3 Å². The summed E-state index contributed by atoms with van der Waals surface area (Å²) in [4.78, 5) is 12.3. The van der Waals surface area contributed by atoms with Crippen molar-refractivity contribution >= 4 is 5.91 Å². The van der Waals surface area contributed by atoms with Crippen LogP contribution >= 0.6 is 0 Å². The molecule has 2 N–H and O–H groups in total. The van der Waals surface area contributed by atoms with Gasteiger partial charge in [0.25, 0.3) is 0 Å². The molecule has 116 valence electrons. The molecule has 1 aliphatic carbocycles. The second-order valence-electron chi connectivity index (χ2n) is 6.01. The van der Waals surface area contributed by atoms with Crippen molar-refractivity contribution in [3.05, 3.63) is 17.0 Å². The normalized spacial score (nSPS) is 21.8. The monoisotopic (exact) mass is 293 g/mol. The molecule has 1 aliphatic heterocycles. The zero-order valence-electron chi connectivity index (χ0n) is 12.7. The number of amides is 1. The Morgan fingerprint density at radius 2 is 2.00 bits per heavy atom. The molecule has 1 aromatic rings. The van der Waals surface area contributed by atoms with Gasteiger partial charge in [0.05, 0.1) is 18.9 Å². The summed E-state index contributed by atoms with van der Waals surface area (Å²) < 4.78 is 11.4. The van der Waals surface area contributed by atoms with Crippen LogP contribution < -0.4 is 5.32 Å². The number of carbonyl (C=O) groups is 1. The molecule has 1 saturated carbocycles. The summed E-state index contributed by atoms with van der Waals surface area (Å²) in [6.45, 7) is 5.82. The topological polar surface area (TPSA) is 76.2 Å². The number of rotatable bonds is 3. The Kier molecular flexibility index (Phi) is 3.99. The maximum atomic E-state index is 12.3. The molecule has 0 radical (unpaired) electrons. The summed E-state index contributed by atoms with van der Waals surface area (Å²) in [6, 6.07) is 0. The largest absolute Gasteiger partial charge is 0.352 e. The summed E-state index contributed by atoms with van der Waals surface area (Å²) in [5.74, 6) is -0.201. The highest BCUT2D eigenvalue weighted by Crippen LogP contribution is 2.38. The number of H-pyrrole nitrogens is 1. The third-order valence-corrected chi connectivity index (χ3v) is 4.65. The number of hydrogen-bond donors (Lipinski definition) is 2. The summed E-state index contributed by atoms with van der Waals surface area (Å²) in [5, 5.41) is 10.1.